The van der Waals surface area contributed by atoms with Gasteiger partial charge in [-0.15, -0.1) is 11.3 Å². The van der Waals surface area contributed by atoms with Gasteiger partial charge in [-0.05, 0) is 32.0 Å². The number of aryl methyl sites for hydroxylation is 1. The molecule has 3 nitrogen and oxygen atoms in total. The molecule has 1 aromatic carbocycles. The molecule has 2 N–H and O–H groups in total. The van der Waals surface area contributed by atoms with E-state index in [0.717, 1.165) is 16.3 Å². The maximum atomic E-state index is 9.71. The van der Waals surface area contributed by atoms with Crippen LogP contribution in [-0.4, -0.2) is 10.1 Å². The highest BCUT2D eigenvalue weighted by molar-refractivity contribution is 7.09. The fourth-order valence-corrected chi connectivity index (χ4v) is 2.64. The molecule has 0 spiro atoms. The van der Waals surface area contributed by atoms with Crippen molar-refractivity contribution in [1.82, 2.24) is 10.3 Å². The molecule has 0 aliphatic rings. The van der Waals surface area contributed by atoms with Gasteiger partial charge in [-0.2, -0.15) is 0 Å². The Hall–Kier alpha value is -1.10. The Balaban J connectivity index is 2.01. The Kier molecular flexibility index (Phi) is 4.22. The number of phenols is 1. The first-order chi connectivity index (χ1) is 8.56. The van der Waals surface area contributed by atoms with E-state index >= 15 is 0 Å². The maximum absolute atomic E-state index is 9.71. The lowest BCUT2D eigenvalue weighted by atomic mass is 10.2. The molecule has 5 heteroatoms. The van der Waals surface area contributed by atoms with Crippen molar-refractivity contribution in [1.29, 1.82) is 0 Å². The summed E-state index contributed by atoms with van der Waals surface area (Å²) in [6.45, 7) is 4.60. The van der Waals surface area contributed by atoms with Gasteiger partial charge in [0.25, 0.3) is 0 Å². The second-order valence-electron chi connectivity index (χ2n) is 4.20. The van der Waals surface area contributed by atoms with E-state index in [4.69, 9.17) is 11.6 Å². The van der Waals surface area contributed by atoms with Crippen molar-refractivity contribution in [2.45, 2.75) is 26.4 Å². The van der Waals surface area contributed by atoms with Gasteiger partial charge >= 0.3 is 0 Å². The summed E-state index contributed by atoms with van der Waals surface area (Å²) in [6.07, 6.45) is 0. The monoisotopic (exact) mass is 282 g/mol. The fraction of sp³-hybridized carbons (Fsp3) is 0.308. The summed E-state index contributed by atoms with van der Waals surface area (Å²) >= 11 is 7.54. The third kappa shape index (κ3) is 3.22. The second-order valence-corrected chi connectivity index (χ2v) is 5.53. The van der Waals surface area contributed by atoms with E-state index < -0.39 is 0 Å². The molecule has 1 unspecified atom stereocenters. The molecular weight excluding hydrogens is 268 g/mol. The van der Waals surface area contributed by atoms with Crippen LogP contribution in [0.4, 0.5) is 0 Å². The first-order valence-corrected chi connectivity index (χ1v) is 6.95. The summed E-state index contributed by atoms with van der Waals surface area (Å²) in [5, 5.41) is 16.7. The minimum atomic E-state index is 0.155. The largest absolute Gasteiger partial charge is 0.508 e. The third-order valence-corrected chi connectivity index (χ3v) is 4.03. The normalized spacial score (nSPS) is 12.6. The zero-order chi connectivity index (χ0) is 13.1. The minimum Gasteiger partial charge on any atom is -0.508 e. The molecule has 0 bridgehead atoms. The van der Waals surface area contributed by atoms with Crippen LogP contribution in [0.2, 0.25) is 5.02 Å². The van der Waals surface area contributed by atoms with Crippen molar-refractivity contribution in [3.8, 4) is 5.75 Å². The van der Waals surface area contributed by atoms with Crippen molar-refractivity contribution in [2.24, 2.45) is 0 Å². The van der Waals surface area contributed by atoms with Gasteiger partial charge in [-0.1, -0.05) is 11.6 Å². The van der Waals surface area contributed by atoms with E-state index in [0.29, 0.717) is 11.6 Å². The third-order valence-electron chi connectivity index (χ3n) is 2.65. The van der Waals surface area contributed by atoms with Gasteiger partial charge in [0.1, 0.15) is 10.8 Å². The summed E-state index contributed by atoms with van der Waals surface area (Å²) < 4.78 is 0. The molecule has 18 heavy (non-hydrogen) atoms. The number of nitrogens with zero attached hydrogens (tertiary/aromatic N) is 1. The number of hydrogen-bond donors (Lipinski definition) is 2. The lowest BCUT2D eigenvalue weighted by Gasteiger charge is -2.12. The minimum absolute atomic E-state index is 0.155. The van der Waals surface area contributed by atoms with Crippen LogP contribution in [0.15, 0.2) is 23.6 Å². The standard InChI is InChI=1S/C13H15ClN2OS/c1-8-7-18-13(16-8)9(2)15-6-10-5-11(14)3-4-12(10)17/h3-5,7,9,15,17H,6H2,1-2H3. The van der Waals surface area contributed by atoms with E-state index in [1.807, 2.05) is 12.3 Å². The van der Waals surface area contributed by atoms with Gasteiger partial charge in [0, 0.05) is 28.2 Å². The van der Waals surface area contributed by atoms with Gasteiger partial charge in [-0.25, -0.2) is 4.98 Å². The fourth-order valence-electron chi connectivity index (χ4n) is 1.62. The SMILES string of the molecule is Cc1csc(C(C)NCc2cc(Cl)ccc2O)n1. The van der Waals surface area contributed by atoms with Crippen molar-refractivity contribution in [2.75, 3.05) is 0 Å². The number of nitrogens with one attached hydrogen (secondary N) is 1. The molecule has 0 radical (unpaired) electrons. The number of aromatic nitrogens is 1. The summed E-state index contributed by atoms with van der Waals surface area (Å²) in [5.41, 5.74) is 1.83. The van der Waals surface area contributed by atoms with E-state index in [1.165, 1.54) is 0 Å². The Morgan fingerprint density at radius 3 is 2.94 bits per heavy atom. The Bertz CT molecular complexity index is 542. The van der Waals surface area contributed by atoms with Crippen molar-refractivity contribution in [3.05, 3.63) is 44.9 Å². The Labute approximate surface area is 115 Å². The van der Waals surface area contributed by atoms with Gasteiger partial charge in [-0.3, -0.25) is 0 Å². The zero-order valence-corrected chi connectivity index (χ0v) is 11.8. The first kappa shape index (κ1) is 13.3. The molecule has 2 rings (SSSR count). The first-order valence-electron chi connectivity index (χ1n) is 5.69. The Morgan fingerprint density at radius 1 is 1.50 bits per heavy atom. The smallest absolute Gasteiger partial charge is 0.120 e. The average Bonchev–Trinajstić information content (AvgIpc) is 2.77. The molecule has 0 saturated heterocycles. The predicted octanol–water partition coefficient (Wildman–Crippen LogP) is 3.66. The highest BCUT2D eigenvalue weighted by atomic mass is 35.5. The summed E-state index contributed by atoms with van der Waals surface area (Å²) in [7, 11) is 0. The number of rotatable bonds is 4. The van der Waals surface area contributed by atoms with Crippen LogP contribution in [0.3, 0.4) is 0 Å². The molecule has 96 valence electrons. The average molecular weight is 283 g/mol. The van der Waals surface area contributed by atoms with Gasteiger partial charge in [0.15, 0.2) is 0 Å². The van der Waals surface area contributed by atoms with E-state index in [2.05, 4.69) is 17.2 Å². The highest BCUT2D eigenvalue weighted by Crippen LogP contribution is 2.23. The van der Waals surface area contributed by atoms with E-state index in [-0.39, 0.29) is 11.8 Å². The number of halogens is 1. The predicted molar refractivity (Wildman–Crippen MR) is 75.2 cm³/mol. The van der Waals surface area contributed by atoms with Crippen LogP contribution < -0.4 is 5.32 Å². The molecule has 0 amide bonds. The van der Waals surface area contributed by atoms with Gasteiger partial charge in [0.05, 0.1) is 6.04 Å². The molecule has 0 aliphatic heterocycles. The number of phenolic OH excluding ortho intramolecular Hbond substituents is 1. The topological polar surface area (TPSA) is 45.1 Å². The van der Waals surface area contributed by atoms with E-state index in [1.54, 1.807) is 29.5 Å². The molecule has 2 aromatic rings. The quantitative estimate of drug-likeness (QED) is 0.899. The van der Waals surface area contributed by atoms with Crippen LogP contribution in [-0.2, 0) is 6.54 Å². The number of aromatic hydroxyl groups is 1. The lowest BCUT2D eigenvalue weighted by molar-refractivity contribution is 0.460. The Morgan fingerprint density at radius 2 is 2.28 bits per heavy atom. The van der Waals surface area contributed by atoms with Crippen LogP contribution in [0.1, 0.15) is 29.2 Å². The lowest BCUT2D eigenvalue weighted by Crippen LogP contribution is -2.18. The summed E-state index contributed by atoms with van der Waals surface area (Å²) in [5.74, 6) is 0.259. The van der Waals surface area contributed by atoms with Crippen molar-refractivity contribution >= 4 is 22.9 Å². The van der Waals surface area contributed by atoms with Crippen LogP contribution >= 0.6 is 22.9 Å². The summed E-state index contributed by atoms with van der Waals surface area (Å²) in [4.78, 5) is 4.43. The van der Waals surface area contributed by atoms with Crippen molar-refractivity contribution < 1.29 is 5.11 Å². The van der Waals surface area contributed by atoms with Crippen LogP contribution in [0.5, 0.6) is 5.75 Å². The maximum Gasteiger partial charge on any atom is 0.120 e. The number of hydrogen-bond acceptors (Lipinski definition) is 4. The zero-order valence-electron chi connectivity index (χ0n) is 10.3. The highest BCUT2D eigenvalue weighted by Gasteiger charge is 2.10. The van der Waals surface area contributed by atoms with Gasteiger partial charge in [0.2, 0.25) is 0 Å². The van der Waals surface area contributed by atoms with Crippen LogP contribution in [0.25, 0.3) is 0 Å². The number of benzene rings is 1. The van der Waals surface area contributed by atoms with Gasteiger partial charge < -0.3 is 10.4 Å². The molecule has 1 aromatic heterocycles. The van der Waals surface area contributed by atoms with E-state index in [9.17, 15) is 5.11 Å². The molecule has 1 atom stereocenters. The number of thiazole rings is 1. The summed E-state index contributed by atoms with van der Waals surface area (Å²) in [6, 6.07) is 5.21. The molecule has 0 fully saturated rings. The molecular formula is C13H15ClN2OS. The second kappa shape index (κ2) is 5.69. The van der Waals surface area contributed by atoms with Crippen LogP contribution in [0, 0.1) is 6.92 Å². The molecule has 1 heterocycles. The molecule has 0 aliphatic carbocycles. The van der Waals surface area contributed by atoms with Crippen molar-refractivity contribution in [3.63, 3.8) is 0 Å². The molecule has 0 saturated carbocycles.